The molecule has 0 saturated heterocycles. The summed E-state index contributed by atoms with van der Waals surface area (Å²) in [4.78, 5) is 53.4. The van der Waals surface area contributed by atoms with E-state index in [2.05, 4.69) is 19.9 Å². The molecule has 258 valence electrons. The van der Waals surface area contributed by atoms with Gasteiger partial charge < -0.3 is 9.84 Å². The molecule has 0 radical (unpaired) electrons. The monoisotopic (exact) mass is 658 g/mol. The molecule has 48 heavy (non-hydrogen) atoms. The molecule has 1 aliphatic heterocycles. The number of aromatic amines is 1. The Labute approximate surface area is 284 Å². The standard InChI is InChI=1S/C27H18N4O5.C3H8O.4C2H6/c32-15-18-14-21(33)28-25(34)23(18)30-29-20-13-7-12-19-22(20)27(36)31(26(19)35)24(16-8-3-1-4-9-16)17-10-5-2-6-11-17;1-3-4-2;4*1-2/h1-15,24H,(H2,28,33,34);3H2,1-2H3;4*1-2H3. The van der Waals surface area contributed by atoms with Gasteiger partial charge in [-0.15, -0.1) is 10.2 Å². The number of rotatable bonds is 7. The molecular weight excluding hydrogens is 608 g/mol. The van der Waals surface area contributed by atoms with E-state index in [-0.39, 0.29) is 28.1 Å². The number of methoxy groups -OCH3 is 1. The Balaban J connectivity index is 0.00000164. The average Bonchev–Trinajstić information content (AvgIpc) is 3.41. The predicted octanol–water partition coefficient (Wildman–Crippen LogP) is 9.45. The number of aromatic nitrogens is 1. The van der Waals surface area contributed by atoms with Crippen molar-refractivity contribution >= 4 is 29.5 Å². The van der Waals surface area contributed by atoms with Crippen molar-refractivity contribution in [3.63, 3.8) is 0 Å². The molecule has 0 atom stereocenters. The van der Waals surface area contributed by atoms with Gasteiger partial charge in [-0.25, -0.2) is 0 Å². The number of aromatic hydroxyl groups is 1. The fraction of sp³-hybridized carbons (Fsp3) is 0.316. The number of ether oxygens (including phenoxy) is 1. The second-order valence-corrected chi connectivity index (χ2v) is 8.59. The van der Waals surface area contributed by atoms with Crippen LogP contribution in [0.2, 0.25) is 0 Å². The molecular formula is C38H50N4O6. The molecule has 2 heterocycles. The lowest BCUT2D eigenvalue weighted by atomic mass is 9.97. The highest BCUT2D eigenvalue weighted by Crippen LogP contribution is 2.39. The van der Waals surface area contributed by atoms with E-state index in [9.17, 15) is 24.3 Å². The van der Waals surface area contributed by atoms with Crippen LogP contribution in [0.5, 0.6) is 5.88 Å². The highest BCUT2D eigenvalue weighted by molar-refractivity contribution is 6.23. The Kier molecular flexibility index (Phi) is 21.4. The minimum atomic E-state index is -0.682. The first-order valence-electron chi connectivity index (χ1n) is 16.3. The lowest BCUT2D eigenvalue weighted by Gasteiger charge is -2.27. The van der Waals surface area contributed by atoms with E-state index >= 15 is 0 Å². The molecule has 0 unspecified atom stereocenters. The third kappa shape index (κ3) is 10.9. The Morgan fingerprint density at radius 2 is 1.27 bits per heavy atom. The number of pyridine rings is 1. The summed E-state index contributed by atoms with van der Waals surface area (Å²) in [5, 5.41) is 18.0. The quantitative estimate of drug-likeness (QED) is 0.115. The second kappa shape index (κ2) is 24.0. The van der Waals surface area contributed by atoms with Crippen molar-refractivity contribution < 1.29 is 24.2 Å². The number of H-pyrrole nitrogens is 1. The largest absolute Gasteiger partial charge is 0.493 e. The number of nitrogens with zero attached hydrogens (tertiary/aromatic N) is 3. The van der Waals surface area contributed by atoms with E-state index in [1.54, 1.807) is 13.2 Å². The Morgan fingerprint density at radius 1 is 0.771 bits per heavy atom. The third-order valence-electron chi connectivity index (χ3n) is 6.11. The van der Waals surface area contributed by atoms with Crippen LogP contribution in [0.15, 0.2) is 100.0 Å². The van der Waals surface area contributed by atoms with Crippen LogP contribution in [0.4, 0.5) is 11.4 Å². The maximum absolute atomic E-state index is 13.7. The molecule has 2 amide bonds. The number of benzene rings is 3. The van der Waals surface area contributed by atoms with Gasteiger partial charge in [-0.3, -0.25) is 29.1 Å². The number of imide groups is 1. The fourth-order valence-corrected chi connectivity index (χ4v) is 4.22. The molecule has 1 aromatic heterocycles. The molecule has 10 nitrogen and oxygen atoms in total. The Bertz CT molecular complexity index is 1580. The van der Waals surface area contributed by atoms with Crippen LogP contribution < -0.4 is 5.56 Å². The zero-order valence-electron chi connectivity index (χ0n) is 29.8. The topological polar surface area (TPSA) is 141 Å². The van der Waals surface area contributed by atoms with Crippen molar-refractivity contribution in [2.24, 2.45) is 10.2 Å². The zero-order valence-corrected chi connectivity index (χ0v) is 29.8. The molecule has 10 heteroatoms. The number of nitrogens with one attached hydrogen (secondary N) is 1. The van der Waals surface area contributed by atoms with Gasteiger partial charge in [0.15, 0.2) is 12.0 Å². The summed E-state index contributed by atoms with van der Waals surface area (Å²) in [5.41, 5.74) is 0.695. The summed E-state index contributed by atoms with van der Waals surface area (Å²) in [6.07, 6.45) is 0.361. The molecule has 5 rings (SSSR count). The van der Waals surface area contributed by atoms with Gasteiger partial charge in [0.05, 0.1) is 28.4 Å². The van der Waals surface area contributed by atoms with Gasteiger partial charge in [-0.2, -0.15) is 0 Å². The van der Waals surface area contributed by atoms with Crippen molar-refractivity contribution in [1.29, 1.82) is 0 Å². The van der Waals surface area contributed by atoms with Crippen molar-refractivity contribution in [2.75, 3.05) is 13.7 Å². The van der Waals surface area contributed by atoms with E-state index in [4.69, 9.17) is 0 Å². The minimum Gasteiger partial charge on any atom is -0.493 e. The Morgan fingerprint density at radius 3 is 1.73 bits per heavy atom. The van der Waals surface area contributed by atoms with Gasteiger partial charge in [-0.1, -0.05) is 122 Å². The molecule has 4 aromatic rings. The number of amides is 2. The summed E-state index contributed by atoms with van der Waals surface area (Å²) in [6.45, 7) is 18.8. The third-order valence-corrected chi connectivity index (χ3v) is 6.11. The van der Waals surface area contributed by atoms with Gasteiger partial charge in [0.2, 0.25) is 5.88 Å². The number of carbonyl (C=O) groups is 3. The number of aldehydes is 1. The lowest BCUT2D eigenvalue weighted by molar-refractivity contribution is 0.0608. The normalized spacial score (nSPS) is 10.9. The first-order chi connectivity index (χ1) is 23.4. The summed E-state index contributed by atoms with van der Waals surface area (Å²) < 4.78 is 4.54. The molecule has 0 fully saturated rings. The molecule has 2 N–H and O–H groups in total. The van der Waals surface area contributed by atoms with E-state index in [0.29, 0.717) is 6.29 Å². The highest BCUT2D eigenvalue weighted by atomic mass is 16.5. The molecule has 0 saturated carbocycles. The zero-order chi connectivity index (χ0) is 36.6. The van der Waals surface area contributed by atoms with Crippen LogP contribution in [0.3, 0.4) is 0 Å². The number of carbonyl (C=O) groups excluding carboxylic acids is 3. The molecule has 3 aromatic carbocycles. The van der Waals surface area contributed by atoms with Crippen LogP contribution in [-0.2, 0) is 4.74 Å². The van der Waals surface area contributed by atoms with Gasteiger partial charge >= 0.3 is 0 Å². The maximum Gasteiger partial charge on any atom is 0.264 e. The predicted molar refractivity (Wildman–Crippen MR) is 193 cm³/mol. The van der Waals surface area contributed by atoms with Crippen molar-refractivity contribution in [3.8, 4) is 5.88 Å². The smallest absolute Gasteiger partial charge is 0.264 e. The van der Waals surface area contributed by atoms with Gasteiger partial charge in [0.1, 0.15) is 0 Å². The van der Waals surface area contributed by atoms with Crippen molar-refractivity contribution in [3.05, 3.63) is 123 Å². The van der Waals surface area contributed by atoms with E-state index in [1.165, 1.54) is 17.0 Å². The van der Waals surface area contributed by atoms with Crippen LogP contribution in [-0.4, -0.2) is 46.8 Å². The first kappa shape index (κ1) is 42.8. The van der Waals surface area contributed by atoms with Crippen LogP contribution in [0, 0.1) is 0 Å². The SMILES string of the molecule is CC.CC.CC.CC.CCOC.O=Cc1cc(=O)[nH]c(O)c1N=Nc1cccc2c1C(=O)N(C(c1ccccc1)c1ccccc1)C2=O. The highest BCUT2D eigenvalue weighted by Gasteiger charge is 2.42. The van der Waals surface area contributed by atoms with Crippen molar-refractivity contribution in [1.82, 2.24) is 9.88 Å². The molecule has 0 aliphatic carbocycles. The average molecular weight is 659 g/mol. The maximum atomic E-state index is 13.7. The van der Waals surface area contributed by atoms with Gasteiger partial charge in [0.25, 0.3) is 17.4 Å². The van der Waals surface area contributed by atoms with E-state index in [0.717, 1.165) is 23.8 Å². The number of hydrogen-bond donors (Lipinski definition) is 2. The molecule has 1 aliphatic rings. The Hall–Kier alpha value is -5.22. The lowest BCUT2D eigenvalue weighted by Crippen LogP contribution is -2.34. The van der Waals surface area contributed by atoms with Gasteiger partial charge in [-0.05, 0) is 30.2 Å². The minimum absolute atomic E-state index is 0.0553. The second-order valence-electron chi connectivity index (χ2n) is 8.59. The summed E-state index contributed by atoms with van der Waals surface area (Å²) in [5.74, 6) is -1.67. The number of fused-ring (bicyclic) bond motifs is 1. The summed E-state index contributed by atoms with van der Waals surface area (Å²) in [6, 6.07) is 23.4. The number of hydrogen-bond acceptors (Lipinski definition) is 8. The van der Waals surface area contributed by atoms with Gasteiger partial charge in [0, 0.05) is 19.8 Å². The van der Waals surface area contributed by atoms with E-state index < -0.39 is 29.3 Å². The summed E-state index contributed by atoms with van der Waals surface area (Å²) >= 11 is 0. The fourth-order valence-electron chi connectivity index (χ4n) is 4.22. The number of azo groups is 1. The molecule has 0 spiro atoms. The molecule has 0 bridgehead atoms. The van der Waals surface area contributed by atoms with Crippen molar-refractivity contribution in [2.45, 2.75) is 68.4 Å². The first-order valence-corrected chi connectivity index (χ1v) is 16.3. The van der Waals surface area contributed by atoms with Crippen LogP contribution >= 0.6 is 0 Å². The van der Waals surface area contributed by atoms with Crippen LogP contribution in [0.25, 0.3) is 0 Å². The van der Waals surface area contributed by atoms with E-state index in [1.807, 2.05) is 123 Å². The van der Waals surface area contributed by atoms with Crippen LogP contribution in [0.1, 0.15) is 111 Å². The summed E-state index contributed by atoms with van der Waals surface area (Å²) in [7, 11) is 1.68.